The predicted octanol–water partition coefficient (Wildman–Crippen LogP) is 1.85. The van der Waals surface area contributed by atoms with Crippen LogP contribution >= 0.6 is 15.1 Å². The Kier molecular flexibility index (Phi) is 13.1. The topological polar surface area (TPSA) is 92.3 Å². The zero-order valence-electron chi connectivity index (χ0n) is 23.2. The molecule has 3 rings (SSSR count). The van der Waals surface area contributed by atoms with Crippen molar-refractivity contribution in [3.63, 3.8) is 0 Å². The van der Waals surface area contributed by atoms with Crippen molar-refractivity contribution in [3.8, 4) is 0 Å². The molecule has 10 nitrogen and oxygen atoms in total. The summed E-state index contributed by atoms with van der Waals surface area (Å²) in [5.74, 6) is -0.202. The molecule has 16 heteroatoms. The highest BCUT2D eigenvalue weighted by molar-refractivity contribution is 8.07. The second-order valence-corrected chi connectivity index (χ2v) is 14.4. The molecule has 0 aromatic heterocycles. The third-order valence-electron chi connectivity index (χ3n) is 7.37. The largest absolute Gasteiger partial charge is 0.382 e. The Morgan fingerprint density at radius 1 is 0.763 bits per heavy atom. The molecule has 3 saturated heterocycles. The maximum absolute atomic E-state index is 6.25. The summed E-state index contributed by atoms with van der Waals surface area (Å²) in [5.41, 5.74) is 0. The molecule has 14 atom stereocenters. The van der Waals surface area contributed by atoms with E-state index in [4.69, 9.17) is 81.6 Å². The van der Waals surface area contributed by atoms with E-state index in [9.17, 15) is 0 Å². The van der Waals surface area contributed by atoms with Gasteiger partial charge in [-0.3, -0.25) is 0 Å². The molecule has 0 aliphatic carbocycles. The summed E-state index contributed by atoms with van der Waals surface area (Å²) < 4.78 is 58.3. The van der Waals surface area contributed by atoms with E-state index in [0.717, 1.165) is 0 Å². The van der Waals surface area contributed by atoms with E-state index in [1.807, 2.05) is 27.4 Å². The highest BCUT2D eigenvalue weighted by atomic mass is 32.5. The van der Waals surface area contributed by atoms with Gasteiger partial charge >= 0.3 is 6.72 Å². The molecule has 3 aliphatic heterocycles. The van der Waals surface area contributed by atoms with Gasteiger partial charge < -0.3 is 46.3 Å². The molecule has 6 radical (unpaired) electrons. The molecule has 3 heterocycles. The van der Waals surface area contributed by atoms with Crippen molar-refractivity contribution >= 4 is 50.4 Å². The summed E-state index contributed by atoms with van der Waals surface area (Å²) >= 11 is 5.67. The van der Waals surface area contributed by atoms with Crippen molar-refractivity contribution in [2.75, 3.05) is 47.8 Å². The van der Waals surface area contributed by atoms with Crippen LogP contribution in [0.3, 0.4) is 0 Å². The van der Waals surface area contributed by atoms with Gasteiger partial charge in [0.2, 0.25) is 0 Å². The minimum absolute atomic E-state index is 0.00292. The summed E-state index contributed by atoms with van der Waals surface area (Å²) in [6.07, 6.45) is -2.19. The summed E-state index contributed by atoms with van der Waals surface area (Å²) in [4.78, 5) is 0. The maximum atomic E-state index is 6.25. The first kappa shape index (κ1) is 33.4. The van der Waals surface area contributed by atoms with E-state index < -0.39 is 51.4 Å². The van der Waals surface area contributed by atoms with Crippen LogP contribution in [-0.2, 0) is 58.1 Å². The average Bonchev–Trinajstić information content (AvgIpc) is 3.42. The van der Waals surface area contributed by atoms with E-state index in [-0.39, 0.29) is 49.3 Å². The van der Waals surface area contributed by atoms with Crippen LogP contribution in [0.2, 0.25) is 0 Å². The van der Waals surface area contributed by atoms with Crippen molar-refractivity contribution in [3.05, 3.63) is 0 Å². The lowest BCUT2D eigenvalue weighted by Gasteiger charge is -2.30. The van der Waals surface area contributed by atoms with Crippen LogP contribution in [-0.4, -0.2) is 126 Å². The molecule has 212 valence electrons. The molecule has 0 saturated carbocycles. The van der Waals surface area contributed by atoms with Gasteiger partial charge in [0.25, 0.3) is 0 Å². The molecule has 0 aromatic carbocycles. The fourth-order valence-electron chi connectivity index (χ4n) is 4.87. The SMILES string of the molecule is [B][C@@H]1O[C@H](COP(=S)(OC)OC2C(C)[C@H]([B])O[C@@H]2COP(C)OC2C(C)[C@H]([B])O[C@@H]2COC)C(OC)C1C. The standard InChI is InChI=1S/C22H39B3O10P2S/c1-11-17(27-5)16(33-20(11)23)10-30-37(38,28-6)35-19-13(3)22(25)32-15(19)9-29-36(7)34-18-12(2)21(24)31-14(18)8-26-4/h11-22H,8-10H2,1-7H3/t11?,12?,13?,14-,15-,16-,17?,18?,19?,20-,21-,22-,36?,37?/m1/s1. The van der Waals surface area contributed by atoms with Crippen LogP contribution in [0.1, 0.15) is 20.8 Å². The Morgan fingerprint density at radius 2 is 1.26 bits per heavy atom. The van der Waals surface area contributed by atoms with Crippen LogP contribution in [0.25, 0.3) is 0 Å². The Bertz CT molecular complexity index is 794. The minimum Gasteiger partial charge on any atom is -0.382 e. The fourth-order valence-corrected chi connectivity index (χ4v) is 7.64. The first-order valence-electron chi connectivity index (χ1n) is 12.7. The quantitative estimate of drug-likeness (QED) is 0.220. The van der Waals surface area contributed by atoms with Crippen molar-refractivity contribution < 1.29 is 46.3 Å². The minimum atomic E-state index is -3.19. The molecule has 38 heavy (non-hydrogen) atoms. The van der Waals surface area contributed by atoms with Gasteiger partial charge in [0.05, 0.1) is 38.1 Å². The predicted molar refractivity (Wildman–Crippen MR) is 149 cm³/mol. The van der Waals surface area contributed by atoms with E-state index in [0.29, 0.717) is 6.61 Å². The molecule has 0 amide bonds. The first-order chi connectivity index (χ1) is 17.9. The molecule has 0 bridgehead atoms. The Balaban J connectivity index is 1.57. The molecular weight excluding hydrogens is 551 g/mol. The van der Waals surface area contributed by atoms with E-state index >= 15 is 0 Å². The number of hydrogen-bond donors (Lipinski definition) is 0. The van der Waals surface area contributed by atoms with Gasteiger partial charge in [0, 0.05) is 63.8 Å². The van der Waals surface area contributed by atoms with Crippen molar-refractivity contribution in [2.45, 2.75) is 75.4 Å². The van der Waals surface area contributed by atoms with Crippen molar-refractivity contribution in [2.24, 2.45) is 17.8 Å². The lowest BCUT2D eigenvalue weighted by atomic mass is 9.86. The highest BCUT2D eigenvalue weighted by Gasteiger charge is 2.46. The van der Waals surface area contributed by atoms with Gasteiger partial charge in [-0.15, -0.1) is 0 Å². The van der Waals surface area contributed by atoms with Crippen LogP contribution in [0, 0.1) is 17.8 Å². The zero-order chi connectivity index (χ0) is 28.2. The maximum Gasteiger partial charge on any atom is 0.327 e. The van der Waals surface area contributed by atoms with E-state index in [1.165, 1.54) is 7.11 Å². The van der Waals surface area contributed by atoms with Crippen LogP contribution in [0.5, 0.6) is 0 Å². The molecule has 0 spiro atoms. The number of methoxy groups -OCH3 is 2. The Labute approximate surface area is 237 Å². The normalized spacial score (nSPS) is 43.9. The van der Waals surface area contributed by atoms with Crippen LogP contribution < -0.4 is 0 Å². The smallest absolute Gasteiger partial charge is 0.327 e. The van der Waals surface area contributed by atoms with Gasteiger partial charge in [-0.25, -0.2) is 0 Å². The zero-order valence-corrected chi connectivity index (χ0v) is 25.8. The molecular formula is C22H39B3O10P2S. The van der Waals surface area contributed by atoms with E-state index in [2.05, 4.69) is 0 Å². The monoisotopic (exact) mass is 590 g/mol. The van der Waals surface area contributed by atoms with Crippen molar-refractivity contribution in [1.29, 1.82) is 0 Å². The second-order valence-electron chi connectivity index (χ2n) is 9.95. The number of hydrogen-bond acceptors (Lipinski definition) is 11. The average molecular weight is 590 g/mol. The second kappa shape index (κ2) is 14.9. The molecule has 3 fully saturated rings. The lowest BCUT2D eigenvalue weighted by molar-refractivity contribution is -0.0304. The Hall–Kier alpha value is 0.875. The molecule has 0 N–H and O–H groups in total. The van der Waals surface area contributed by atoms with E-state index in [1.54, 1.807) is 14.2 Å². The van der Waals surface area contributed by atoms with Gasteiger partial charge in [0.1, 0.15) is 41.9 Å². The van der Waals surface area contributed by atoms with Gasteiger partial charge in [0.15, 0.2) is 8.38 Å². The summed E-state index contributed by atoms with van der Waals surface area (Å²) in [6.45, 7) is 5.21. The molecule has 3 aliphatic rings. The van der Waals surface area contributed by atoms with Gasteiger partial charge in [-0.1, -0.05) is 20.8 Å². The third kappa shape index (κ3) is 8.03. The third-order valence-corrected chi connectivity index (χ3v) is 10.9. The first-order valence-corrected chi connectivity index (χ1v) is 16.9. The van der Waals surface area contributed by atoms with Crippen molar-refractivity contribution in [1.82, 2.24) is 0 Å². The fraction of sp³-hybridized carbons (Fsp3) is 1.00. The van der Waals surface area contributed by atoms with Gasteiger partial charge in [-0.2, -0.15) is 0 Å². The Morgan fingerprint density at radius 3 is 1.79 bits per heavy atom. The molecule has 8 unspecified atom stereocenters. The number of ether oxygens (including phenoxy) is 5. The van der Waals surface area contributed by atoms with Gasteiger partial charge in [-0.05, 0) is 11.8 Å². The lowest BCUT2D eigenvalue weighted by Crippen LogP contribution is -2.34. The highest BCUT2D eigenvalue weighted by Crippen LogP contribution is 2.53. The summed E-state index contributed by atoms with van der Waals surface area (Å²) in [5, 5.41) is 0. The van der Waals surface area contributed by atoms with Crippen LogP contribution in [0.15, 0.2) is 0 Å². The molecule has 0 aromatic rings. The number of rotatable bonds is 14. The summed E-state index contributed by atoms with van der Waals surface area (Å²) in [6, 6.07) is -1.45. The summed E-state index contributed by atoms with van der Waals surface area (Å²) in [7, 11) is 21.7. The van der Waals surface area contributed by atoms with Crippen LogP contribution in [0.4, 0.5) is 0 Å².